The van der Waals surface area contributed by atoms with E-state index in [0.29, 0.717) is 5.71 Å². The Balaban J connectivity index is 1.90. The maximum absolute atomic E-state index is 11.7. The van der Waals surface area contributed by atoms with Gasteiger partial charge in [0.2, 0.25) is 0 Å². The van der Waals surface area contributed by atoms with Gasteiger partial charge in [0.05, 0.1) is 5.71 Å². The summed E-state index contributed by atoms with van der Waals surface area (Å²) >= 11 is 0. The van der Waals surface area contributed by atoms with Gasteiger partial charge in [0.25, 0.3) is 5.72 Å². The molecule has 1 atom stereocenters. The summed E-state index contributed by atoms with van der Waals surface area (Å²) in [4.78, 5) is 15.6. The first kappa shape index (κ1) is 10.8. The van der Waals surface area contributed by atoms with Gasteiger partial charge < -0.3 is 9.47 Å². The van der Waals surface area contributed by atoms with E-state index < -0.39 is 11.7 Å². The molecule has 0 N–H and O–H groups in total. The third kappa shape index (κ3) is 1.84. The minimum atomic E-state index is -1.13. The molecule has 84 valence electrons. The van der Waals surface area contributed by atoms with Crippen molar-refractivity contribution < 1.29 is 14.3 Å². The predicted octanol–water partition coefficient (Wildman–Crippen LogP) is 1.55. The number of aliphatic imine (C=N–C) groups is 1. The quantitative estimate of drug-likeness (QED) is 0.722. The standard InChI is InChI=1S/C12H13NO3/c1-9-12(13-9,15-2)11(14)16-8-10-6-4-3-5-7-10/h3-7H,8H2,1-2H3. The summed E-state index contributed by atoms with van der Waals surface area (Å²) < 4.78 is 10.2. The highest BCUT2D eigenvalue weighted by Crippen LogP contribution is 2.30. The molecule has 0 aliphatic carbocycles. The van der Waals surface area contributed by atoms with Crippen molar-refractivity contribution in [3.8, 4) is 0 Å². The molecule has 0 saturated heterocycles. The van der Waals surface area contributed by atoms with Crippen LogP contribution in [0.4, 0.5) is 0 Å². The Labute approximate surface area is 93.9 Å². The van der Waals surface area contributed by atoms with Crippen molar-refractivity contribution in [2.45, 2.75) is 19.3 Å². The Kier molecular flexibility index (Phi) is 2.75. The molecule has 0 fully saturated rings. The van der Waals surface area contributed by atoms with Crippen molar-refractivity contribution in [1.29, 1.82) is 0 Å². The molecule has 0 aromatic heterocycles. The van der Waals surface area contributed by atoms with Crippen molar-refractivity contribution in [2.75, 3.05) is 7.11 Å². The number of hydrogen-bond acceptors (Lipinski definition) is 4. The van der Waals surface area contributed by atoms with E-state index in [9.17, 15) is 4.79 Å². The third-order valence-electron chi connectivity index (χ3n) is 2.55. The molecule has 1 aliphatic rings. The summed E-state index contributed by atoms with van der Waals surface area (Å²) in [7, 11) is 1.45. The highest BCUT2D eigenvalue weighted by Gasteiger charge is 2.54. The predicted molar refractivity (Wildman–Crippen MR) is 59.1 cm³/mol. The van der Waals surface area contributed by atoms with Gasteiger partial charge in [-0.3, -0.25) is 0 Å². The van der Waals surface area contributed by atoms with E-state index in [1.165, 1.54) is 7.11 Å². The zero-order chi connectivity index (χ0) is 11.6. The van der Waals surface area contributed by atoms with Gasteiger partial charge in [-0.05, 0) is 12.5 Å². The number of carbonyl (C=O) groups excluding carboxylic acids is 1. The molecule has 16 heavy (non-hydrogen) atoms. The molecule has 0 bridgehead atoms. The maximum atomic E-state index is 11.7. The normalized spacial score (nSPS) is 22.5. The molecule has 4 nitrogen and oxygen atoms in total. The average molecular weight is 219 g/mol. The van der Waals surface area contributed by atoms with Crippen molar-refractivity contribution in [1.82, 2.24) is 0 Å². The third-order valence-corrected chi connectivity index (χ3v) is 2.55. The molecule has 0 saturated carbocycles. The van der Waals surface area contributed by atoms with Crippen LogP contribution in [0.2, 0.25) is 0 Å². The smallest absolute Gasteiger partial charge is 0.368 e. The topological polar surface area (TPSA) is 47.9 Å². The highest BCUT2D eigenvalue weighted by atomic mass is 16.6. The highest BCUT2D eigenvalue weighted by molar-refractivity contribution is 6.18. The zero-order valence-electron chi connectivity index (χ0n) is 9.27. The van der Waals surface area contributed by atoms with Gasteiger partial charge in [-0.15, -0.1) is 0 Å². The number of rotatable bonds is 4. The van der Waals surface area contributed by atoms with Gasteiger partial charge in [0.1, 0.15) is 6.61 Å². The molecule has 1 aromatic carbocycles. The Morgan fingerprint density at radius 2 is 2.00 bits per heavy atom. The van der Waals surface area contributed by atoms with E-state index in [0.717, 1.165) is 5.56 Å². The molecule has 1 aliphatic heterocycles. The van der Waals surface area contributed by atoms with Gasteiger partial charge in [-0.1, -0.05) is 30.3 Å². The number of methoxy groups -OCH3 is 1. The number of benzene rings is 1. The van der Waals surface area contributed by atoms with Crippen molar-refractivity contribution in [3.05, 3.63) is 35.9 Å². The second-order valence-corrected chi connectivity index (χ2v) is 3.61. The van der Waals surface area contributed by atoms with E-state index in [4.69, 9.17) is 9.47 Å². The SMILES string of the molecule is COC1(C(=O)OCc2ccccc2)N=C1C. The van der Waals surface area contributed by atoms with Gasteiger partial charge in [-0.2, -0.15) is 0 Å². The fourth-order valence-electron chi connectivity index (χ4n) is 1.50. The average Bonchev–Trinajstić information content (AvgIpc) is 3.00. The Morgan fingerprint density at radius 1 is 1.38 bits per heavy atom. The molecule has 0 spiro atoms. The van der Waals surface area contributed by atoms with Gasteiger partial charge in [0.15, 0.2) is 0 Å². The van der Waals surface area contributed by atoms with E-state index in [-0.39, 0.29) is 6.61 Å². The van der Waals surface area contributed by atoms with Crippen LogP contribution in [-0.4, -0.2) is 24.5 Å². The molecule has 4 heteroatoms. The Bertz CT molecular complexity index is 427. The van der Waals surface area contributed by atoms with Gasteiger partial charge >= 0.3 is 5.97 Å². The minimum absolute atomic E-state index is 0.244. The molecule has 1 unspecified atom stereocenters. The fraction of sp³-hybridized carbons (Fsp3) is 0.333. The largest absolute Gasteiger partial charge is 0.457 e. The first-order valence-electron chi connectivity index (χ1n) is 5.02. The van der Waals surface area contributed by atoms with Crippen molar-refractivity contribution in [3.63, 3.8) is 0 Å². The first-order valence-corrected chi connectivity index (χ1v) is 5.02. The van der Waals surface area contributed by atoms with E-state index >= 15 is 0 Å². The Hall–Kier alpha value is -1.68. The van der Waals surface area contributed by atoms with Crippen LogP contribution in [0.5, 0.6) is 0 Å². The van der Waals surface area contributed by atoms with Crippen LogP contribution in [0.1, 0.15) is 12.5 Å². The molecule has 1 heterocycles. The van der Waals surface area contributed by atoms with Crippen molar-refractivity contribution in [2.24, 2.45) is 4.99 Å². The summed E-state index contributed by atoms with van der Waals surface area (Å²) in [5.74, 6) is -0.448. The molecule has 1 aromatic rings. The number of hydrogen-bond donors (Lipinski definition) is 0. The molecular weight excluding hydrogens is 206 g/mol. The van der Waals surface area contributed by atoms with E-state index in [1.54, 1.807) is 6.92 Å². The maximum Gasteiger partial charge on any atom is 0.368 e. The fourth-order valence-corrected chi connectivity index (χ4v) is 1.50. The van der Waals surface area contributed by atoms with Gasteiger partial charge in [0, 0.05) is 7.11 Å². The van der Waals surface area contributed by atoms with Crippen molar-refractivity contribution >= 4 is 11.7 Å². The number of carbonyl (C=O) groups is 1. The van der Waals surface area contributed by atoms with Crippen LogP contribution in [-0.2, 0) is 20.9 Å². The van der Waals surface area contributed by atoms with E-state index in [1.807, 2.05) is 30.3 Å². The summed E-state index contributed by atoms with van der Waals surface area (Å²) in [6.07, 6.45) is 0. The molecule has 0 radical (unpaired) electrons. The lowest BCUT2D eigenvalue weighted by molar-refractivity contribution is -0.158. The Morgan fingerprint density at radius 3 is 2.50 bits per heavy atom. The monoisotopic (exact) mass is 219 g/mol. The van der Waals surface area contributed by atoms with Crippen LogP contribution < -0.4 is 0 Å². The summed E-state index contributed by atoms with van der Waals surface area (Å²) in [6, 6.07) is 9.50. The molecular formula is C12H13NO3. The summed E-state index contributed by atoms with van der Waals surface area (Å²) in [5.41, 5.74) is 0.475. The number of ether oxygens (including phenoxy) is 2. The van der Waals surface area contributed by atoms with Crippen LogP contribution in [0.25, 0.3) is 0 Å². The van der Waals surface area contributed by atoms with Crippen LogP contribution in [0.15, 0.2) is 35.3 Å². The summed E-state index contributed by atoms with van der Waals surface area (Å²) in [5, 5.41) is 0. The zero-order valence-corrected chi connectivity index (χ0v) is 9.27. The number of nitrogens with zero attached hydrogens (tertiary/aromatic N) is 1. The lowest BCUT2D eigenvalue weighted by atomic mass is 10.2. The molecule has 0 amide bonds. The van der Waals surface area contributed by atoms with Gasteiger partial charge in [-0.25, -0.2) is 9.79 Å². The number of esters is 1. The van der Waals surface area contributed by atoms with Crippen LogP contribution in [0, 0.1) is 0 Å². The second-order valence-electron chi connectivity index (χ2n) is 3.61. The second kappa shape index (κ2) is 4.06. The van der Waals surface area contributed by atoms with Crippen LogP contribution in [0.3, 0.4) is 0 Å². The lowest BCUT2D eigenvalue weighted by Gasteiger charge is -2.11. The van der Waals surface area contributed by atoms with E-state index in [2.05, 4.69) is 4.99 Å². The minimum Gasteiger partial charge on any atom is -0.457 e. The molecule has 2 rings (SSSR count). The lowest BCUT2D eigenvalue weighted by Crippen LogP contribution is -2.33. The first-order chi connectivity index (χ1) is 7.69. The summed E-state index contributed by atoms with van der Waals surface area (Å²) in [6.45, 7) is 1.99. The van der Waals surface area contributed by atoms with Crippen LogP contribution >= 0.6 is 0 Å².